The highest BCUT2D eigenvalue weighted by molar-refractivity contribution is 5.51. The van der Waals surface area contributed by atoms with E-state index in [-0.39, 0.29) is 0 Å². The van der Waals surface area contributed by atoms with Crippen molar-refractivity contribution in [1.29, 1.82) is 0 Å². The topological polar surface area (TPSA) is 29.5 Å². The second-order valence-corrected chi connectivity index (χ2v) is 4.70. The van der Waals surface area contributed by atoms with Crippen molar-refractivity contribution in [3.8, 4) is 11.5 Å². The Kier molecular flexibility index (Phi) is 4.22. The van der Waals surface area contributed by atoms with Crippen LogP contribution in [0.5, 0.6) is 11.5 Å². The van der Waals surface area contributed by atoms with Gasteiger partial charge < -0.3 is 9.84 Å². The third-order valence-corrected chi connectivity index (χ3v) is 2.75. The van der Waals surface area contributed by atoms with Crippen LogP contribution >= 0.6 is 0 Å². The van der Waals surface area contributed by atoms with Crippen LogP contribution < -0.4 is 4.74 Å². The highest BCUT2D eigenvalue weighted by atomic mass is 16.5. The first kappa shape index (κ1) is 12.9. The number of hydrogen-bond donors (Lipinski definition) is 1. The fourth-order valence-corrected chi connectivity index (χ4v) is 1.80. The van der Waals surface area contributed by atoms with E-state index in [1.165, 1.54) is 0 Å². The SMILES string of the molecule is CCc1c(OCC(C)C)cc(C)c(O)c1C. The Bertz CT molecular complexity index is 367. The van der Waals surface area contributed by atoms with E-state index in [1.54, 1.807) is 0 Å². The summed E-state index contributed by atoms with van der Waals surface area (Å²) in [5.74, 6) is 1.83. The standard InChI is InChI=1S/C14H22O2/c1-6-12-11(5)14(15)10(4)7-13(12)16-8-9(2)3/h7,9,15H,6,8H2,1-5H3. The van der Waals surface area contributed by atoms with Crippen molar-refractivity contribution in [2.75, 3.05) is 6.61 Å². The summed E-state index contributed by atoms with van der Waals surface area (Å²) in [6.45, 7) is 10.9. The van der Waals surface area contributed by atoms with Crippen molar-refractivity contribution < 1.29 is 9.84 Å². The summed E-state index contributed by atoms with van der Waals surface area (Å²) in [4.78, 5) is 0. The van der Waals surface area contributed by atoms with Gasteiger partial charge in [0.2, 0.25) is 0 Å². The number of ether oxygens (including phenoxy) is 1. The molecule has 0 radical (unpaired) electrons. The largest absolute Gasteiger partial charge is 0.507 e. The van der Waals surface area contributed by atoms with Gasteiger partial charge >= 0.3 is 0 Å². The average molecular weight is 222 g/mol. The van der Waals surface area contributed by atoms with Gasteiger partial charge in [-0.1, -0.05) is 20.8 Å². The molecular weight excluding hydrogens is 200 g/mol. The lowest BCUT2D eigenvalue weighted by molar-refractivity contribution is 0.268. The number of rotatable bonds is 4. The fraction of sp³-hybridized carbons (Fsp3) is 0.571. The molecule has 0 saturated carbocycles. The molecule has 2 nitrogen and oxygen atoms in total. The number of phenols is 1. The van der Waals surface area contributed by atoms with Crippen LogP contribution in [0.2, 0.25) is 0 Å². The second-order valence-electron chi connectivity index (χ2n) is 4.70. The molecular formula is C14H22O2. The highest BCUT2D eigenvalue weighted by Crippen LogP contribution is 2.33. The number of aromatic hydroxyl groups is 1. The van der Waals surface area contributed by atoms with Crippen molar-refractivity contribution in [1.82, 2.24) is 0 Å². The van der Waals surface area contributed by atoms with Gasteiger partial charge in [0.1, 0.15) is 11.5 Å². The third-order valence-electron chi connectivity index (χ3n) is 2.75. The smallest absolute Gasteiger partial charge is 0.123 e. The molecule has 0 aliphatic rings. The van der Waals surface area contributed by atoms with Gasteiger partial charge in [-0.05, 0) is 43.4 Å². The molecule has 0 aromatic heterocycles. The second kappa shape index (κ2) is 5.24. The molecule has 0 amide bonds. The van der Waals surface area contributed by atoms with Gasteiger partial charge in [-0.15, -0.1) is 0 Å². The Hall–Kier alpha value is -1.18. The molecule has 1 aromatic rings. The molecule has 0 fully saturated rings. The molecule has 16 heavy (non-hydrogen) atoms. The molecule has 0 heterocycles. The Morgan fingerprint density at radius 2 is 1.94 bits per heavy atom. The molecule has 0 unspecified atom stereocenters. The summed E-state index contributed by atoms with van der Waals surface area (Å²) in [6.07, 6.45) is 0.882. The maximum absolute atomic E-state index is 9.86. The normalized spacial score (nSPS) is 10.9. The van der Waals surface area contributed by atoms with E-state index in [2.05, 4.69) is 20.8 Å². The van der Waals surface area contributed by atoms with Gasteiger partial charge in [-0.2, -0.15) is 0 Å². The van der Waals surface area contributed by atoms with E-state index in [0.717, 1.165) is 35.5 Å². The molecule has 0 aliphatic heterocycles. The minimum atomic E-state index is 0.397. The first-order valence-corrected chi connectivity index (χ1v) is 5.92. The van der Waals surface area contributed by atoms with Crippen LogP contribution in [0.15, 0.2) is 6.07 Å². The molecule has 1 rings (SSSR count). The molecule has 0 saturated heterocycles. The van der Waals surface area contributed by atoms with Crippen LogP contribution in [0.25, 0.3) is 0 Å². The van der Waals surface area contributed by atoms with Crippen molar-refractivity contribution >= 4 is 0 Å². The summed E-state index contributed by atoms with van der Waals surface area (Å²) >= 11 is 0. The number of phenolic OH excluding ortho intramolecular Hbond substituents is 1. The molecule has 1 aromatic carbocycles. The van der Waals surface area contributed by atoms with E-state index >= 15 is 0 Å². The minimum Gasteiger partial charge on any atom is -0.507 e. The Morgan fingerprint density at radius 3 is 2.44 bits per heavy atom. The molecule has 1 N–H and O–H groups in total. The zero-order valence-corrected chi connectivity index (χ0v) is 10.9. The summed E-state index contributed by atoms with van der Waals surface area (Å²) in [7, 11) is 0. The van der Waals surface area contributed by atoms with E-state index in [0.29, 0.717) is 11.7 Å². The van der Waals surface area contributed by atoms with Crippen LogP contribution in [-0.4, -0.2) is 11.7 Å². The monoisotopic (exact) mass is 222 g/mol. The van der Waals surface area contributed by atoms with Gasteiger partial charge in [0.05, 0.1) is 6.61 Å². The molecule has 0 spiro atoms. The van der Waals surface area contributed by atoms with Gasteiger partial charge in [-0.3, -0.25) is 0 Å². The molecule has 2 heteroatoms. The van der Waals surface area contributed by atoms with E-state index in [9.17, 15) is 5.11 Å². The number of hydrogen-bond acceptors (Lipinski definition) is 2. The van der Waals surface area contributed by atoms with Crippen LogP contribution in [0.1, 0.15) is 37.5 Å². The predicted molar refractivity (Wildman–Crippen MR) is 67.3 cm³/mol. The van der Waals surface area contributed by atoms with Crippen LogP contribution in [0, 0.1) is 19.8 Å². The highest BCUT2D eigenvalue weighted by Gasteiger charge is 2.12. The molecule has 90 valence electrons. The third kappa shape index (κ3) is 2.69. The van der Waals surface area contributed by atoms with Crippen molar-refractivity contribution in [3.63, 3.8) is 0 Å². The van der Waals surface area contributed by atoms with Crippen molar-refractivity contribution in [2.45, 2.75) is 41.0 Å². The Morgan fingerprint density at radius 1 is 1.31 bits per heavy atom. The molecule has 0 aliphatic carbocycles. The number of benzene rings is 1. The maximum atomic E-state index is 9.86. The van der Waals surface area contributed by atoms with Gasteiger partial charge in [0, 0.05) is 5.56 Å². The van der Waals surface area contributed by atoms with Gasteiger partial charge in [-0.25, -0.2) is 0 Å². The molecule has 0 bridgehead atoms. The summed E-state index contributed by atoms with van der Waals surface area (Å²) in [5.41, 5.74) is 2.94. The van der Waals surface area contributed by atoms with E-state index < -0.39 is 0 Å². The van der Waals surface area contributed by atoms with Crippen molar-refractivity contribution in [2.24, 2.45) is 5.92 Å². The van der Waals surface area contributed by atoms with E-state index in [1.807, 2.05) is 19.9 Å². The quantitative estimate of drug-likeness (QED) is 0.843. The van der Waals surface area contributed by atoms with Crippen molar-refractivity contribution in [3.05, 3.63) is 22.8 Å². The minimum absolute atomic E-state index is 0.397. The summed E-state index contributed by atoms with van der Waals surface area (Å²) in [5, 5.41) is 9.86. The predicted octanol–water partition coefficient (Wildman–Crippen LogP) is 3.61. The van der Waals surface area contributed by atoms with Gasteiger partial charge in [0.25, 0.3) is 0 Å². The average Bonchev–Trinajstić information content (AvgIpc) is 2.23. The fourth-order valence-electron chi connectivity index (χ4n) is 1.80. The lowest BCUT2D eigenvalue weighted by atomic mass is 10.0. The summed E-state index contributed by atoms with van der Waals surface area (Å²) in [6, 6.07) is 1.93. The molecule has 0 atom stereocenters. The first-order chi connectivity index (χ1) is 7.47. The first-order valence-electron chi connectivity index (χ1n) is 5.92. The lowest BCUT2D eigenvalue weighted by Crippen LogP contribution is -2.07. The zero-order valence-electron chi connectivity index (χ0n) is 10.9. The Balaban J connectivity index is 3.07. The summed E-state index contributed by atoms with van der Waals surface area (Å²) < 4.78 is 5.80. The van der Waals surface area contributed by atoms with Gasteiger partial charge in [0.15, 0.2) is 0 Å². The Labute approximate surface area is 98.3 Å². The number of aryl methyl sites for hydroxylation is 1. The van der Waals surface area contributed by atoms with Crippen LogP contribution in [0.3, 0.4) is 0 Å². The zero-order chi connectivity index (χ0) is 12.3. The van der Waals surface area contributed by atoms with Crippen LogP contribution in [-0.2, 0) is 6.42 Å². The van der Waals surface area contributed by atoms with E-state index in [4.69, 9.17) is 4.74 Å². The van der Waals surface area contributed by atoms with Crippen LogP contribution in [0.4, 0.5) is 0 Å². The lowest BCUT2D eigenvalue weighted by Gasteiger charge is -2.16. The maximum Gasteiger partial charge on any atom is 0.123 e.